The molecule has 0 saturated heterocycles. The molecule has 0 bridgehead atoms. The van der Waals surface area contributed by atoms with Gasteiger partial charge < -0.3 is 9.84 Å². The highest BCUT2D eigenvalue weighted by molar-refractivity contribution is 7.80. The Kier molecular flexibility index (Phi) is 6.23. The summed E-state index contributed by atoms with van der Waals surface area (Å²) in [6.45, 7) is 0.259. The van der Waals surface area contributed by atoms with E-state index in [1.54, 1.807) is 20.7 Å². The predicted molar refractivity (Wildman–Crippen MR) is 90.0 cm³/mol. The Labute approximate surface area is 140 Å². The van der Waals surface area contributed by atoms with Crippen molar-refractivity contribution >= 4 is 44.8 Å². The molecule has 0 amide bonds. The van der Waals surface area contributed by atoms with Crippen LogP contribution in [-0.2, 0) is 20.7 Å². The first kappa shape index (κ1) is 16.8. The molecule has 0 aliphatic heterocycles. The van der Waals surface area contributed by atoms with Crippen LogP contribution in [0.5, 0.6) is 0 Å². The maximum absolute atomic E-state index is 11.3. The fourth-order valence-corrected chi connectivity index (χ4v) is 4.17. The second-order valence-electron chi connectivity index (χ2n) is 4.56. The summed E-state index contributed by atoms with van der Waals surface area (Å²) < 4.78 is 5.89. The van der Waals surface area contributed by atoms with Gasteiger partial charge in [0, 0.05) is 11.3 Å². The number of rotatable bonds is 7. The lowest BCUT2D eigenvalue weighted by Gasteiger charge is -2.05. The number of carbonyl (C=O) groups is 2. The predicted octanol–water partition coefficient (Wildman–Crippen LogP) is 4.16. The van der Waals surface area contributed by atoms with Crippen LogP contribution in [0, 0.1) is 3.82 Å². The van der Waals surface area contributed by atoms with E-state index in [-0.39, 0.29) is 19.4 Å². The van der Waals surface area contributed by atoms with Crippen molar-refractivity contribution in [1.29, 1.82) is 0 Å². The van der Waals surface area contributed by atoms with Crippen LogP contribution >= 0.6 is 32.9 Å². The first-order valence-corrected chi connectivity index (χ1v) is 9.17. The number of hydrogen-bond donors (Lipinski definition) is 1. The number of benzene rings is 1. The van der Waals surface area contributed by atoms with Gasteiger partial charge in [-0.3, -0.25) is 9.59 Å². The van der Waals surface area contributed by atoms with Crippen molar-refractivity contribution in [1.82, 2.24) is 0 Å². The van der Waals surface area contributed by atoms with Gasteiger partial charge in [0.1, 0.15) is 3.82 Å². The highest BCUT2D eigenvalue weighted by Gasteiger charge is 2.06. The highest BCUT2D eigenvalue weighted by atomic mass is 32.9. The van der Waals surface area contributed by atoms with Gasteiger partial charge in [-0.2, -0.15) is 0 Å². The van der Waals surface area contributed by atoms with E-state index >= 15 is 0 Å². The minimum Gasteiger partial charge on any atom is -0.481 e. The number of carboxylic acid groups (broad SMARTS) is 1. The van der Waals surface area contributed by atoms with Crippen molar-refractivity contribution in [3.63, 3.8) is 0 Å². The van der Waals surface area contributed by atoms with Crippen LogP contribution in [0.1, 0.15) is 18.4 Å². The Bertz CT molecular complexity index is 700. The summed E-state index contributed by atoms with van der Waals surface area (Å²) in [6, 6.07) is 10.0. The largest absolute Gasteiger partial charge is 0.481 e. The second-order valence-corrected chi connectivity index (χ2v) is 7.47. The van der Waals surface area contributed by atoms with Crippen molar-refractivity contribution < 1.29 is 19.4 Å². The van der Waals surface area contributed by atoms with Crippen molar-refractivity contribution in [2.75, 3.05) is 6.61 Å². The van der Waals surface area contributed by atoms with E-state index < -0.39 is 11.9 Å². The summed E-state index contributed by atoms with van der Waals surface area (Å²) in [6.07, 6.45) is 0.329. The molecular formula is C15H14O4S3. The van der Waals surface area contributed by atoms with Gasteiger partial charge in [0.15, 0.2) is 0 Å². The van der Waals surface area contributed by atoms with Gasteiger partial charge in [-0.1, -0.05) is 57.2 Å². The maximum Gasteiger partial charge on any atom is 0.306 e. The molecule has 0 saturated carbocycles. The lowest BCUT2D eigenvalue weighted by molar-refractivity contribution is -0.147. The van der Waals surface area contributed by atoms with Gasteiger partial charge in [-0.15, -0.1) is 0 Å². The van der Waals surface area contributed by atoms with Crippen molar-refractivity contribution in [3.05, 3.63) is 39.7 Å². The summed E-state index contributed by atoms with van der Waals surface area (Å²) in [5.74, 6) is -1.47. The summed E-state index contributed by atoms with van der Waals surface area (Å²) in [7, 11) is 3.24. The number of carboxylic acids is 1. The monoisotopic (exact) mass is 354 g/mol. The Morgan fingerprint density at radius 2 is 1.86 bits per heavy atom. The number of carbonyl (C=O) groups excluding carboxylic acids is 1. The van der Waals surface area contributed by atoms with E-state index in [0.29, 0.717) is 6.42 Å². The zero-order chi connectivity index (χ0) is 15.9. The summed E-state index contributed by atoms with van der Waals surface area (Å²) >= 11 is 5.12. The average Bonchev–Trinajstić information content (AvgIpc) is 2.92. The van der Waals surface area contributed by atoms with Gasteiger partial charge in [0.25, 0.3) is 0 Å². The third-order valence-corrected chi connectivity index (χ3v) is 5.81. The lowest BCUT2D eigenvalue weighted by atomic mass is 10.1. The van der Waals surface area contributed by atoms with Crippen LogP contribution in [0.25, 0.3) is 10.4 Å². The fourth-order valence-electron chi connectivity index (χ4n) is 1.77. The van der Waals surface area contributed by atoms with E-state index in [1.165, 1.54) is 0 Å². The van der Waals surface area contributed by atoms with Crippen LogP contribution in [0.2, 0.25) is 0 Å². The maximum atomic E-state index is 11.3. The molecule has 116 valence electrons. The molecule has 0 unspecified atom stereocenters. The Morgan fingerprint density at radius 1 is 1.14 bits per heavy atom. The SMILES string of the molecule is O=C(O)CCC(=O)OCCc1ccc(-c2cc(=S)ss2)cc1. The molecule has 0 fully saturated rings. The zero-order valence-corrected chi connectivity index (χ0v) is 14.1. The standard InChI is InChI=1S/C15H14O4S3/c16-13(17)5-6-14(18)19-8-7-10-1-3-11(4-2-10)12-9-15(20)22-21-12/h1-4,9H,5-8H2,(H,16,17). The molecule has 0 aliphatic carbocycles. The normalized spacial score (nSPS) is 10.4. The van der Waals surface area contributed by atoms with Crippen molar-refractivity contribution in [2.45, 2.75) is 19.3 Å². The van der Waals surface area contributed by atoms with Gasteiger partial charge in [0.05, 0.1) is 19.4 Å². The third kappa shape index (κ3) is 5.32. The quantitative estimate of drug-likeness (QED) is 0.459. The molecule has 0 radical (unpaired) electrons. The zero-order valence-electron chi connectivity index (χ0n) is 11.6. The van der Waals surface area contributed by atoms with Crippen molar-refractivity contribution in [3.8, 4) is 10.4 Å². The molecule has 1 N–H and O–H groups in total. The van der Waals surface area contributed by atoms with Crippen LogP contribution in [0.15, 0.2) is 30.3 Å². The minimum absolute atomic E-state index is 0.0861. The Morgan fingerprint density at radius 3 is 2.45 bits per heavy atom. The van der Waals surface area contributed by atoms with Gasteiger partial charge >= 0.3 is 11.9 Å². The molecular weight excluding hydrogens is 340 g/mol. The Balaban J connectivity index is 1.80. The highest BCUT2D eigenvalue weighted by Crippen LogP contribution is 2.29. The molecule has 4 nitrogen and oxygen atoms in total. The van der Waals surface area contributed by atoms with Crippen LogP contribution in [-0.4, -0.2) is 23.7 Å². The minimum atomic E-state index is -0.996. The van der Waals surface area contributed by atoms with E-state index in [0.717, 1.165) is 19.8 Å². The number of hydrogen-bond acceptors (Lipinski definition) is 6. The first-order valence-electron chi connectivity index (χ1n) is 6.61. The van der Waals surface area contributed by atoms with Crippen LogP contribution < -0.4 is 0 Å². The molecule has 7 heteroatoms. The Hall–Kier alpha value is -1.57. The number of aliphatic carboxylic acids is 1. The molecule has 2 rings (SSSR count). The smallest absolute Gasteiger partial charge is 0.306 e. The van der Waals surface area contributed by atoms with E-state index in [1.807, 2.05) is 30.3 Å². The van der Waals surface area contributed by atoms with Gasteiger partial charge in [0.2, 0.25) is 0 Å². The molecule has 0 aliphatic rings. The van der Waals surface area contributed by atoms with E-state index in [4.69, 9.17) is 22.1 Å². The van der Waals surface area contributed by atoms with Crippen molar-refractivity contribution in [2.24, 2.45) is 0 Å². The molecule has 0 spiro atoms. The molecule has 2 aromatic rings. The van der Waals surface area contributed by atoms with Gasteiger partial charge in [-0.05, 0) is 17.2 Å². The third-order valence-electron chi connectivity index (χ3n) is 2.90. The molecule has 1 heterocycles. The van der Waals surface area contributed by atoms with Crippen LogP contribution in [0.4, 0.5) is 0 Å². The summed E-state index contributed by atoms with van der Waals surface area (Å²) in [5, 5.41) is 8.47. The summed E-state index contributed by atoms with van der Waals surface area (Å²) in [4.78, 5) is 22.8. The molecule has 0 atom stereocenters. The summed E-state index contributed by atoms with van der Waals surface area (Å²) in [5.41, 5.74) is 2.19. The lowest BCUT2D eigenvalue weighted by Crippen LogP contribution is -2.09. The fraction of sp³-hybridized carbons (Fsp3) is 0.267. The molecule has 1 aromatic carbocycles. The van der Waals surface area contributed by atoms with Gasteiger partial charge in [-0.25, -0.2) is 0 Å². The van der Waals surface area contributed by atoms with E-state index in [2.05, 4.69) is 0 Å². The second kappa shape index (κ2) is 8.17. The van der Waals surface area contributed by atoms with Crippen LogP contribution in [0.3, 0.4) is 0 Å². The molecule has 1 aromatic heterocycles. The average molecular weight is 354 g/mol. The first-order chi connectivity index (χ1) is 10.5. The number of esters is 1. The van der Waals surface area contributed by atoms with E-state index in [9.17, 15) is 9.59 Å². The topological polar surface area (TPSA) is 63.6 Å². The number of ether oxygens (including phenoxy) is 1. The molecule has 22 heavy (non-hydrogen) atoms.